The first-order chi connectivity index (χ1) is 6.62. The predicted octanol–water partition coefficient (Wildman–Crippen LogP) is 2.05. The third-order valence-electron chi connectivity index (χ3n) is 2.64. The Balaban J connectivity index is 2.99. The Bertz CT molecular complexity index is 303. The van der Waals surface area contributed by atoms with Crippen molar-refractivity contribution in [3.05, 3.63) is 34.3 Å². The average Bonchev–Trinajstić information content (AvgIpc) is 2.18. The summed E-state index contributed by atoms with van der Waals surface area (Å²) in [6.45, 7) is 2.79. The number of rotatable bonds is 4. The third kappa shape index (κ3) is 2.56. The van der Waals surface area contributed by atoms with E-state index in [2.05, 4.69) is 28.9 Å². The average molecular weight is 258 g/mol. The van der Waals surface area contributed by atoms with Crippen molar-refractivity contribution >= 4 is 15.9 Å². The van der Waals surface area contributed by atoms with Gasteiger partial charge in [0, 0.05) is 23.0 Å². The third-order valence-corrected chi connectivity index (χ3v) is 3.13. The van der Waals surface area contributed by atoms with Crippen LogP contribution >= 0.6 is 15.9 Å². The van der Waals surface area contributed by atoms with Gasteiger partial charge in [-0.1, -0.05) is 35.0 Å². The molecule has 1 unspecified atom stereocenters. The summed E-state index contributed by atoms with van der Waals surface area (Å²) < 4.78 is 1.05. The molecule has 0 aliphatic rings. The van der Waals surface area contributed by atoms with Gasteiger partial charge >= 0.3 is 0 Å². The van der Waals surface area contributed by atoms with Crippen LogP contribution in [0.15, 0.2) is 28.7 Å². The fourth-order valence-electron chi connectivity index (χ4n) is 1.47. The van der Waals surface area contributed by atoms with E-state index in [0.29, 0.717) is 13.0 Å². The van der Waals surface area contributed by atoms with Crippen molar-refractivity contribution in [2.24, 2.45) is 5.73 Å². The molecule has 14 heavy (non-hydrogen) atoms. The summed E-state index contributed by atoms with van der Waals surface area (Å²) in [6, 6.07) is 8.08. The van der Waals surface area contributed by atoms with Crippen molar-refractivity contribution in [3.63, 3.8) is 0 Å². The van der Waals surface area contributed by atoms with Crippen LogP contribution in [0.2, 0.25) is 0 Å². The van der Waals surface area contributed by atoms with Crippen molar-refractivity contribution < 1.29 is 5.11 Å². The molecule has 2 nitrogen and oxygen atoms in total. The second kappa shape index (κ2) is 4.91. The molecule has 0 bridgehead atoms. The molecule has 0 radical (unpaired) electrons. The maximum atomic E-state index is 9.00. The van der Waals surface area contributed by atoms with Crippen LogP contribution in [0.1, 0.15) is 18.9 Å². The van der Waals surface area contributed by atoms with Gasteiger partial charge in [0.25, 0.3) is 0 Å². The Morgan fingerprint density at radius 2 is 2.21 bits per heavy atom. The Kier molecular flexibility index (Phi) is 4.11. The minimum absolute atomic E-state index is 0.126. The normalized spacial score (nSPS) is 15.1. The van der Waals surface area contributed by atoms with E-state index >= 15 is 0 Å². The molecule has 1 atom stereocenters. The number of benzene rings is 1. The SMILES string of the molecule is CC(CN)(CCO)c1cccc(Br)c1. The Morgan fingerprint density at radius 3 is 2.71 bits per heavy atom. The van der Waals surface area contributed by atoms with Gasteiger partial charge < -0.3 is 10.8 Å². The lowest BCUT2D eigenvalue weighted by Gasteiger charge is -2.27. The lowest BCUT2D eigenvalue weighted by Crippen LogP contribution is -2.32. The van der Waals surface area contributed by atoms with E-state index in [9.17, 15) is 0 Å². The largest absolute Gasteiger partial charge is 0.396 e. The predicted molar refractivity (Wildman–Crippen MR) is 62.3 cm³/mol. The van der Waals surface area contributed by atoms with Crippen molar-refractivity contribution in [1.29, 1.82) is 0 Å². The van der Waals surface area contributed by atoms with Crippen LogP contribution in [0.5, 0.6) is 0 Å². The highest BCUT2D eigenvalue weighted by Gasteiger charge is 2.24. The summed E-state index contributed by atoms with van der Waals surface area (Å²) in [5.41, 5.74) is 6.79. The zero-order valence-electron chi connectivity index (χ0n) is 8.33. The van der Waals surface area contributed by atoms with Crippen molar-refractivity contribution in [2.45, 2.75) is 18.8 Å². The van der Waals surface area contributed by atoms with E-state index in [1.54, 1.807) is 0 Å². The summed E-state index contributed by atoms with van der Waals surface area (Å²) in [5.74, 6) is 0. The molecule has 0 spiro atoms. The van der Waals surface area contributed by atoms with Crippen LogP contribution in [0.3, 0.4) is 0 Å². The minimum Gasteiger partial charge on any atom is -0.396 e. The van der Waals surface area contributed by atoms with Gasteiger partial charge in [0.1, 0.15) is 0 Å². The topological polar surface area (TPSA) is 46.2 Å². The van der Waals surface area contributed by atoms with Gasteiger partial charge in [0.2, 0.25) is 0 Å². The number of halogens is 1. The van der Waals surface area contributed by atoms with Gasteiger partial charge in [-0.2, -0.15) is 0 Å². The lowest BCUT2D eigenvalue weighted by atomic mass is 9.80. The van der Waals surface area contributed by atoms with E-state index in [0.717, 1.165) is 4.47 Å². The highest BCUT2D eigenvalue weighted by atomic mass is 79.9. The summed E-state index contributed by atoms with van der Waals surface area (Å²) in [7, 11) is 0. The molecule has 3 heteroatoms. The smallest absolute Gasteiger partial charge is 0.0439 e. The molecule has 1 rings (SSSR count). The lowest BCUT2D eigenvalue weighted by molar-refractivity contribution is 0.247. The molecule has 0 heterocycles. The van der Waals surface area contributed by atoms with Crippen molar-refractivity contribution in [1.82, 2.24) is 0 Å². The number of hydrogen-bond acceptors (Lipinski definition) is 2. The van der Waals surface area contributed by atoms with E-state index in [1.807, 2.05) is 18.2 Å². The first-order valence-electron chi connectivity index (χ1n) is 4.69. The molecule has 3 N–H and O–H groups in total. The van der Waals surface area contributed by atoms with Gasteiger partial charge in [0.15, 0.2) is 0 Å². The maximum absolute atomic E-state index is 9.00. The molecule has 78 valence electrons. The van der Waals surface area contributed by atoms with E-state index in [4.69, 9.17) is 10.8 Å². The van der Waals surface area contributed by atoms with Crippen LogP contribution in [0.25, 0.3) is 0 Å². The van der Waals surface area contributed by atoms with Crippen molar-refractivity contribution in [3.8, 4) is 0 Å². The summed E-state index contributed by atoms with van der Waals surface area (Å²) in [4.78, 5) is 0. The fourth-order valence-corrected chi connectivity index (χ4v) is 1.87. The van der Waals surface area contributed by atoms with Crippen LogP contribution in [-0.4, -0.2) is 18.3 Å². The molecule has 0 aromatic heterocycles. The molecule has 0 saturated heterocycles. The first-order valence-corrected chi connectivity index (χ1v) is 5.48. The second-order valence-electron chi connectivity index (χ2n) is 3.75. The molecular weight excluding hydrogens is 242 g/mol. The highest BCUT2D eigenvalue weighted by Crippen LogP contribution is 2.28. The molecule has 0 amide bonds. The molecule has 0 fully saturated rings. The fraction of sp³-hybridized carbons (Fsp3) is 0.455. The second-order valence-corrected chi connectivity index (χ2v) is 4.66. The number of nitrogens with two attached hydrogens (primary N) is 1. The van der Waals surface area contributed by atoms with Gasteiger partial charge in [-0.25, -0.2) is 0 Å². The summed E-state index contributed by atoms with van der Waals surface area (Å²) in [6.07, 6.45) is 0.694. The Morgan fingerprint density at radius 1 is 1.50 bits per heavy atom. The standard InChI is InChI=1S/C11H16BrNO/c1-11(8-13,5-6-14)9-3-2-4-10(12)7-9/h2-4,7,14H,5-6,8,13H2,1H3. The monoisotopic (exact) mass is 257 g/mol. The number of aliphatic hydroxyl groups excluding tert-OH is 1. The van der Waals surface area contributed by atoms with Gasteiger partial charge in [-0.15, -0.1) is 0 Å². The Labute approximate surface area is 93.3 Å². The first kappa shape index (κ1) is 11.7. The van der Waals surface area contributed by atoms with Crippen LogP contribution in [0, 0.1) is 0 Å². The zero-order valence-corrected chi connectivity index (χ0v) is 9.92. The van der Waals surface area contributed by atoms with E-state index in [-0.39, 0.29) is 12.0 Å². The number of aliphatic hydroxyl groups is 1. The molecular formula is C11H16BrNO. The summed E-state index contributed by atoms with van der Waals surface area (Å²) in [5, 5.41) is 9.00. The van der Waals surface area contributed by atoms with E-state index < -0.39 is 0 Å². The molecule has 0 saturated carbocycles. The maximum Gasteiger partial charge on any atom is 0.0439 e. The minimum atomic E-state index is -0.126. The molecule has 1 aromatic rings. The number of hydrogen-bond donors (Lipinski definition) is 2. The zero-order chi connectivity index (χ0) is 10.6. The van der Waals surface area contributed by atoms with Gasteiger partial charge in [-0.3, -0.25) is 0 Å². The molecule has 1 aromatic carbocycles. The van der Waals surface area contributed by atoms with E-state index in [1.165, 1.54) is 5.56 Å². The summed E-state index contributed by atoms with van der Waals surface area (Å²) >= 11 is 3.43. The van der Waals surface area contributed by atoms with Crippen molar-refractivity contribution in [2.75, 3.05) is 13.2 Å². The van der Waals surface area contributed by atoms with Gasteiger partial charge in [-0.05, 0) is 24.1 Å². The van der Waals surface area contributed by atoms with Crippen LogP contribution in [-0.2, 0) is 5.41 Å². The molecule has 0 aliphatic heterocycles. The quantitative estimate of drug-likeness (QED) is 0.868. The highest BCUT2D eigenvalue weighted by molar-refractivity contribution is 9.10. The van der Waals surface area contributed by atoms with Gasteiger partial charge in [0.05, 0.1) is 0 Å². The van der Waals surface area contributed by atoms with Crippen LogP contribution < -0.4 is 5.73 Å². The molecule has 0 aliphatic carbocycles. The van der Waals surface area contributed by atoms with Crippen LogP contribution in [0.4, 0.5) is 0 Å². The Hall–Kier alpha value is -0.380.